The molecular weight excluding hydrogens is 460 g/mol. The molecule has 2 aliphatic heterocycles. The number of methoxy groups -OCH3 is 2. The first-order chi connectivity index (χ1) is 16.4. The van der Waals surface area contributed by atoms with E-state index in [-0.39, 0.29) is 28.7 Å². The third-order valence-corrected chi connectivity index (χ3v) is 6.18. The number of aromatic hydroxyl groups is 1. The summed E-state index contributed by atoms with van der Waals surface area (Å²) in [4.78, 5) is 25.5. The second-order valence-corrected chi connectivity index (χ2v) is 8.23. The Balaban J connectivity index is 1.62. The summed E-state index contributed by atoms with van der Waals surface area (Å²) in [6.07, 6.45) is 1.63. The fourth-order valence-electron chi connectivity index (χ4n) is 4.30. The molecule has 2 aliphatic rings. The molecule has 0 aliphatic carbocycles. The quantitative estimate of drug-likeness (QED) is 0.316. The van der Waals surface area contributed by atoms with E-state index < -0.39 is 11.9 Å². The summed E-state index contributed by atoms with van der Waals surface area (Å²) in [6.45, 7) is 0. The number of Topliss-reactive ketones (excluding diaryl/α,β-unsaturated/α-hetero) is 1. The van der Waals surface area contributed by atoms with Crippen LogP contribution in [-0.2, 0) is 4.79 Å². The van der Waals surface area contributed by atoms with E-state index in [1.807, 2.05) is 0 Å². The first kappa shape index (κ1) is 21.9. The Kier molecular flexibility index (Phi) is 5.42. The molecule has 2 heterocycles. The van der Waals surface area contributed by atoms with Gasteiger partial charge in [0, 0.05) is 17.0 Å². The van der Waals surface area contributed by atoms with Crippen LogP contribution in [0.4, 0.5) is 0 Å². The van der Waals surface area contributed by atoms with E-state index in [2.05, 4.69) is 0 Å². The molecule has 0 spiro atoms. The number of rotatable bonds is 4. The second-order valence-electron chi connectivity index (χ2n) is 7.82. The van der Waals surface area contributed by atoms with Crippen LogP contribution < -0.4 is 18.9 Å². The average molecular weight is 479 g/mol. The van der Waals surface area contributed by atoms with Crippen molar-refractivity contribution in [2.24, 2.45) is 0 Å². The highest BCUT2D eigenvalue weighted by atomic mass is 35.5. The predicted octanol–water partition coefficient (Wildman–Crippen LogP) is 5.12. The molecule has 0 saturated heterocycles. The summed E-state index contributed by atoms with van der Waals surface area (Å²) >= 11 is 6.12. The maximum absolute atomic E-state index is 13.2. The number of carbonyl (C=O) groups is 2. The van der Waals surface area contributed by atoms with Crippen molar-refractivity contribution in [2.45, 2.75) is 12.3 Å². The fourth-order valence-corrected chi connectivity index (χ4v) is 4.49. The van der Waals surface area contributed by atoms with Gasteiger partial charge in [0.15, 0.2) is 17.3 Å². The summed E-state index contributed by atoms with van der Waals surface area (Å²) in [6, 6.07) is 13.2. The van der Waals surface area contributed by atoms with Crippen LogP contribution in [-0.4, -0.2) is 31.1 Å². The number of esters is 1. The van der Waals surface area contributed by atoms with Crippen LogP contribution in [0.25, 0.3) is 6.08 Å². The van der Waals surface area contributed by atoms with E-state index in [1.165, 1.54) is 20.3 Å². The molecule has 1 N–H and O–H groups in total. The van der Waals surface area contributed by atoms with E-state index in [0.717, 1.165) is 0 Å². The molecule has 8 heteroatoms. The molecule has 0 bridgehead atoms. The predicted molar refractivity (Wildman–Crippen MR) is 124 cm³/mol. The molecule has 0 saturated carbocycles. The molecule has 34 heavy (non-hydrogen) atoms. The smallest absolute Gasteiger partial charge is 0.312 e. The lowest BCUT2D eigenvalue weighted by atomic mass is 9.84. The Hall–Kier alpha value is -3.97. The number of ketones is 1. The van der Waals surface area contributed by atoms with E-state index >= 15 is 0 Å². The lowest BCUT2D eigenvalue weighted by molar-refractivity contribution is -0.135. The van der Waals surface area contributed by atoms with Gasteiger partial charge in [0.2, 0.25) is 5.78 Å². The lowest BCUT2D eigenvalue weighted by Gasteiger charge is -2.26. The van der Waals surface area contributed by atoms with E-state index in [0.29, 0.717) is 45.3 Å². The molecule has 1 unspecified atom stereocenters. The van der Waals surface area contributed by atoms with Crippen molar-refractivity contribution < 1.29 is 33.6 Å². The Morgan fingerprint density at radius 2 is 1.88 bits per heavy atom. The van der Waals surface area contributed by atoms with Gasteiger partial charge in [0.25, 0.3) is 0 Å². The van der Waals surface area contributed by atoms with Gasteiger partial charge in [-0.25, -0.2) is 0 Å². The Bertz CT molecular complexity index is 1380. The molecule has 0 fully saturated rings. The van der Waals surface area contributed by atoms with E-state index in [4.69, 9.17) is 30.5 Å². The van der Waals surface area contributed by atoms with Gasteiger partial charge in [0.05, 0.1) is 31.2 Å². The Labute approximate surface area is 200 Å². The first-order valence-corrected chi connectivity index (χ1v) is 10.8. The minimum Gasteiger partial charge on any atom is -0.506 e. The molecule has 7 nitrogen and oxygen atoms in total. The van der Waals surface area contributed by atoms with Crippen molar-refractivity contribution in [3.8, 4) is 28.7 Å². The molecule has 0 aromatic heterocycles. The van der Waals surface area contributed by atoms with Gasteiger partial charge in [0.1, 0.15) is 17.2 Å². The number of phenols is 1. The zero-order valence-electron chi connectivity index (χ0n) is 18.3. The summed E-state index contributed by atoms with van der Waals surface area (Å²) in [5.74, 6) is 0.494. The molecule has 1 atom stereocenters. The number of allylic oxidation sites excluding steroid dienone is 1. The number of carbonyl (C=O) groups excluding carboxylic acids is 2. The number of benzene rings is 3. The molecular formula is C26H19ClO7. The number of ether oxygens (including phenoxy) is 4. The number of hydrogen-bond donors (Lipinski definition) is 1. The molecule has 0 radical (unpaired) electrons. The summed E-state index contributed by atoms with van der Waals surface area (Å²) in [5, 5.41) is 9.97. The van der Waals surface area contributed by atoms with Gasteiger partial charge >= 0.3 is 5.97 Å². The van der Waals surface area contributed by atoms with Crippen LogP contribution in [0.5, 0.6) is 28.7 Å². The highest BCUT2D eigenvalue weighted by Gasteiger charge is 2.38. The SMILES string of the molecule is COc1cccc(/C=C2\Oc3c(ccc4c3C(c3ccc(O)c(Cl)c3)CC(=O)O4)C2=O)c1OC. The number of halogens is 1. The van der Waals surface area contributed by atoms with Gasteiger partial charge in [-0.05, 0) is 42.0 Å². The van der Waals surface area contributed by atoms with Crippen molar-refractivity contribution in [1.82, 2.24) is 0 Å². The molecule has 3 aromatic rings. The van der Waals surface area contributed by atoms with Gasteiger partial charge < -0.3 is 24.1 Å². The van der Waals surface area contributed by atoms with Gasteiger partial charge in [-0.15, -0.1) is 0 Å². The molecule has 3 aromatic carbocycles. The van der Waals surface area contributed by atoms with Crippen LogP contribution in [0.1, 0.15) is 39.4 Å². The van der Waals surface area contributed by atoms with Crippen LogP contribution in [0.15, 0.2) is 54.3 Å². The highest BCUT2D eigenvalue weighted by Crippen LogP contribution is 2.49. The first-order valence-electron chi connectivity index (χ1n) is 10.4. The van der Waals surface area contributed by atoms with Crippen LogP contribution in [0, 0.1) is 0 Å². The molecule has 5 rings (SSSR count). The number of para-hydroxylation sites is 1. The third-order valence-electron chi connectivity index (χ3n) is 5.87. The minimum atomic E-state index is -0.470. The van der Waals surface area contributed by atoms with E-state index in [1.54, 1.807) is 48.5 Å². The van der Waals surface area contributed by atoms with Gasteiger partial charge in [-0.1, -0.05) is 29.8 Å². The number of phenolic OH excluding ortho intramolecular Hbond substituents is 1. The second kappa shape index (κ2) is 8.43. The van der Waals surface area contributed by atoms with Crippen molar-refractivity contribution >= 4 is 29.4 Å². The lowest BCUT2D eigenvalue weighted by Crippen LogP contribution is -2.21. The number of hydrogen-bond acceptors (Lipinski definition) is 7. The fraction of sp³-hybridized carbons (Fsp3) is 0.154. The summed E-state index contributed by atoms with van der Waals surface area (Å²) < 4.78 is 22.3. The maximum atomic E-state index is 13.2. The zero-order chi connectivity index (χ0) is 24.0. The Morgan fingerprint density at radius 1 is 1.06 bits per heavy atom. The van der Waals surface area contributed by atoms with Crippen molar-refractivity contribution in [3.05, 3.63) is 81.6 Å². The van der Waals surface area contributed by atoms with Crippen molar-refractivity contribution in [3.63, 3.8) is 0 Å². The maximum Gasteiger partial charge on any atom is 0.312 e. The largest absolute Gasteiger partial charge is 0.506 e. The van der Waals surface area contributed by atoms with Crippen molar-refractivity contribution in [2.75, 3.05) is 14.2 Å². The van der Waals surface area contributed by atoms with Gasteiger partial charge in [-0.3, -0.25) is 9.59 Å². The normalized spacial score (nSPS) is 17.6. The van der Waals surface area contributed by atoms with Crippen LogP contribution in [0.3, 0.4) is 0 Å². The summed E-state index contributed by atoms with van der Waals surface area (Å²) in [5.41, 5.74) is 2.24. The highest BCUT2D eigenvalue weighted by molar-refractivity contribution is 6.32. The third kappa shape index (κ3) is 3.54. The molecule has 172 valence electrons. The van der Waals surface area contributed by atoms with Crippen molar-refractivity contribution in [1.29, 1.82) is 0 Å². The minimum absolute atomic E-state index is 0.0326. The van der Waals surface area contributed by atoms with Crippen LogP contribution >= 0.6 is 11.6 Å². The average Bonchev–Trinajstić information content (AvgIpc) is 3.15. The Morgan fingerprint density at radius 3 is 2.62 bits per heavy atom. The van der Waals surface area contributed by atoms with Gasteiger partial charge in [-0.2, -0.15) is 0 Å². The number of fused-ring (bicyclic) bond motifs is 3. The molecule has 0 amide bonds. The summed E-state index contributed by atoms with van der Waals surface area (Å²) in [7, 11) is 3.05. The topological polar surface area (TPSA) is 91.3 Å². The van der Waals surface area contributed by atoms with Crippen LogP contribution in [0.2, 0.25) is 5.02 Å². The zero-order valence-corrected chi connectivity index (χ0v) is 19.0. The van der Waals surface area contributed by atoms with E-state index in [9.17, 15) is 14.7 Å². The monoisotopic (exact) mass is 478 g/mol. The standard InChI is InChI=1S/C26H19ClO7/c1-31-20-5-3-4-14(25(20)32-2)11-21-24(30)15-7-9-19-23(26(15)34-21)16(12-22(29)33-19)13-6-8-18(28)17(27)10-13/h3-11,16,28H,12H2,1-2H3/b21-11-.